The Hall–Kier alpha value is -0.910. The number of esters is 1. The summed E-state index contributed by atoms with van der Waals surface area (Å²) >= 11 is 1.64. The van der Waals surface area contributed by atoms with E-state index in [1.807, 2.05) is 6.07 Å². The van der Waals surface area contributed by atoms with Crippen LogP contribution >= 0.6 is 11.3 Å². The molecule has 19 heavy (non-hydrogen) atoms. The first-order valence-corrected chi connectivity index (χ1v) is 7.25. The molecule has 5 heteroatoms. The molecule has 0 spiro atoms. The summed E-state index contributed by atoms with van der Waals surface area (Å²) in [6, 6.07) is 4.38. The number of hydrogen-bond acceptors (Lipinski definition) is 5. The van der Waals surface area contributed by atoms with Crippen molar-refractivity contribution in [2.24, 2.45) is 5.92 Å². The topological polar surface area (TPSA) is 47.6 Å². The van der Waals surface area contributed by atoms with Gasteiger partial charge in [0.1, 0.15) is 0 Å². The van der Waals surface area contributed by atoms with E-state index in [9.17, 15) is 4.79 Å². The van der Waals surface area contributed by atoms with Crippen LogP contribution in [0, 0.1) is 5.92 Å². The molecule has 0 aliphatic carbocycles. The predicted octanol–water partition coefficient (Wildman–Crippen LogP) is 2.22. The normalized spacial score (nSPS) is 12.7. The van der Waals surface area contributed by atoms with E-state index >= 15 is 0 Å². The first kappa shape index (κ1) is 16.1. The fourth-order valence-electron chi connectivity index (χ4n) is 1.73. The van der Waals surface area contributed by atoms with Crippen molar-refractivity contribution in [3.63, 3.8) is 0 Å². The second-order valence-corrected chi connectivity index (χ2v) is 6.06. The van der Waals surface area contributed by atoms with Gasteiger partial charge in [0.05, 0.1) is 20.1 Å². The monoisotopic (exact) mass is 285 g/mol. The van der Waals surface area contributed by atoms with Gasteiger partial charge in [-0.25, -0.2) is 0 Å². The lowest BCUT2D eigenvalue weighted by Crippen LogP contribution is -2.37. The Morgan fingerprint density at radius 2 is 2.00 bits per heavy atom. The highest BCUT2D eigenvalue weighted by molar-refractivity contribution is 7.12. The second-order valence-electron chi connectivity index (χ2n) is 4.81. The fraction of sp³-hybridized carbons (Fsp3) is 0.643. The van der Waals surface area contributed by atoms with Crippen LogP contribution in [0.2, 0.25) is 0 Å². The van der Waals surface area contributed by atoms with Gasteiger partial charge in [-0.2, -0.15) is 0 Å². The molecule has 0 saturated carbocycles. The van der Waals surface area contributed by atoms with E-state index in [4.69, 9.17) is 4.74 Å². The van der Waals surface area contributed by atoms with Gasteiger partial charge in [0.15, 0.2) is 0 Å². The van der Waals surface area contributed by atoms with Gasteiger partial charge < -0.3 is 14.8 Å². The highest BCUT2D eigenvalue weighted by Crippen LogP contribution is 2.18. The predicted molar refractivity (Wildman–Crippen MR) is 77.4 cm³/mol. The summed E-state index contributed by atoms with van der Waals surface area (Å²) in [7, 11) is 3.13. The van der Waals surface area contributed by atoms with Gasteiger partial charge in [-0.05, 0) is 18.1 Å². The van der Waals surface area contributed by atoms with Gasteiger partial charge in [0.25, 0.3) is 0 Å². The van der Waals surface area contributed by atoms with E-state index in [0.29, 0.717) is 25.0 Å². The summed E-state index contributed by atoms with van der Waals surface area (Å²) in [5.41, 5.74) is 0. The molecule has 0 radical (unpaired) electrons. The quantitative estimate of drug-likeness (QED) is 0.744. The number of carbonyl (C=O) groups excluding carboxylic acids is 1. The van der Waals surface area contributed by atoms with Crippen molar-refractivity contribution >= 4 is 17.3 Å². The number of ether oxygens (including phenoxy) is 2. The smallest absolute Gasteiger partial charge is 0.310 e. The van der Waals surface area contributed by atoms with Crippen molar-refractivity contribution in [2.45, 2.75) is 32.9 Å². The van der Waals surface area contributed by atoms with Crippen LogP contribution in [0.1, 0.15) is 23.6 Å². The van der Waals surface area contributed by atoms with Crippen molar-refractivity contribution in [1.82, 2.24) is 5.32 Å². The Labute approximate surface area is 119 Å². The maximum Gasteiger partial charge on any atom is 0.310 e. The van der Waals surface area contributed by atoms with Crippen molar-refractivity contribution in [2.75, 3.05) is 20.8 Å². The average molecular weight is 285 g/mol. The SMILES string of the molecule is COCC(NCc1ccc(CC(=O)OC)s1)C(C)C. The molecule has 0 fully saturated rings. The molecule has 0 aliphatic rings. The number of rotatable bonds is 8. The molecule has 0 aromatic carbocycles. The second kappa shape index (κ2) is 8.30. The van der Waals surface area contributed by atoms with E-state index in [0.717, 1.165) is 11.4 Å². The molecule has 0 aliphatic heterocycles. The molecule has 0 bridgehead atoms. The van der Waals surface area contributed by atoms with Gasteiger partial charge in [-0.15, -0.1) is 11.3 Å². The van der Waals surface area contributed by atoms with E-state index in [2.05, 4.69) is 30.0 Å². The molecule has 1 aromatic rings. The van der Waals surface area contributed by atoms with Crippen LogP contribution < -0.4 is 5.32 Å². The zero-order valence-corrected chi connectivity index (χ0v) is 12.9. The largest absolute Gasteiger partial charge is 0.469 e. The molecule has 1 aromatic heterocycles. The van der Waals surface area contributed by atoms with E-state index < -0.39 is 0 Å². The van der Waals surface area contributed by atoms with Crippen molar-refractivity contribution in [1.29, 1.82) is 0 Å². The maximum absolute atomic E-state index is 11.2. The third kappa shape index (κ3) is 5.72. The van der Waals surface area contributed by atoms with Crippen LogP contribution in [-0.2, 0) is 27.2 Å². The van der Waals surface area contributed by atoms with Gasteiger partial charge in [-0.1, -0.05) is 13.8 Å². The Morgan fingerprint density at radius 1 is 1.32 bits per heavy atom. The lowest BCUT2D eigenvalue weighted by Gasteiger charge is -2.21. The Morgan fingerprint density at radius 3 is 2.58 bits per heavy atom. The minimum atomic E-state index is -0.194. The lowest BCUT2D eigenvalue weighted by molar-refractivity contribution is -0.139. The van der Waals surface area contributed by atoms with Crippen LogP contribution in [-0.4, -0.2) is 32.8 Å². The van der Waals surface area contributed by atoms with Crippen LogP contribution in [0.25, 0.3) is 0 Å². The molecule has 1 atom stereocenters. The molecular weight excluding hydrogens is 262 g/mol. The first-order valence-electron chi connectivity index (χ1n) is 6.43. The van der Waals surface area contributed by atoms with Crippen LogP contribution in [0.3, 0.4) is 0 Å². The summed E-state index contributed by atoms with van der Waals surface area (Å²) in [4.78, 5) is 13.4. The summed E-state index contributed by atoms with van der Waals surface area (Å²) in [6.07, 6.45) is 0.354. The third-order valence-corrected chi connectivity index (χ3v) is 4.04. The number of carbonyl (C=O) groups is 1. The van der Waals surface area contributed by atoms with E-state index in [-0.39, 0.29) is 5.97 Å². The first-order chi connectivity index (χ1) is 9.06. The molecule has 4 nitrogen and oxygen atoms in total. The zero-order valence-electron chi connectivity index (χ0n) is 12.1. The Kier molecular flexibility index (Phi) is 7.05. The summed E-state index contributed by atoms with van der Waals surface area (Å²) in [6.45, 7) is 5.86. The van der Waals surface area contributed by atoms with Gasteiger partial charge in [0.2, 0.25) is 0 Å². The molecule has 1 unspecified atom stereocenters. The molecule has 1 rings (SSSR count). The van der Waals surface area contributed by atoms with Crippen LogP contribution in [0.4, 0.5) is 0 Å². The summed E-state index contributed by atoms with van der Waals surface area (Å²) < 4.78 is 9.87. The molecule has 1 heterocycles. The van der Waals surface area contributed by atoms with E-state index in [1.54, 1.807) is 18.4 Å². The van der Waals surface area contributed by atoms with Crippen molar-refractivity contribution < 1.29 is 14.3 Å². The standard InChI is InChI=1S/C14H23NO3S/c1-10(2)13(9-17-3)15-8-12-6-5-11(19-12)7-14(16)18-4/h5-6,10,13,15H,7-9H2,1-4H3. The fourth-order valence-corrected chi connectivity index (χ4v) is 2.68. The molecule has 1 N–H and O–H groups in total. The number of methoxy groups -OCH3 is 2. The van der Waals surface area contributed by atoms with E-state index in [1.165, 1.54) is 12.0 Å². The number of thiophene rings is 1. The minimum absolute atomic E-state index is 0.194. The number of hydrogen-bond donors (Lipinski definition) is 1. The van der Waals surface area contributed by atoms with Gasteiger partial charge in [-0.3, -0.25) is 4.79 Å². The minimum Gasteiger partial charge on any atom is -0.469 e. The van der Waals surface area contributed by atoms with Gasteiger partial charge in [0, 0.05) is 29.5 Å². The zero-order chi connectivity index (χ0) is 14.3. The van der Waals surface area contributed by atoms with Crippen molar-refractivity contribution in [3.8, 4) is 0 Å². The Bertz CT molecular complexity index is 390. The molecule has 0 saturated heterocycles. The highest BCUT2D eigenvalue weighted by atomic mass is 32.1. The van der Waals surface area contributed by atoms with Crippen molar-refractivity contribution in [3.05, 3.63) is 21.9 Å². The van der Waals surface area contributed by atoms with Crippen LogP contribution in [0.15, 0.2) is 12.1 Å². The highest BCUT2D eigenvalue weighted by Gasteiger charge is 2.13. The molecule has 0 amide bonds. The third-order valence-electron chi connectivity index (χ3n) is 2.95. The summed E-state index contributed by atoms with van der Waals surface area (Å²) in [5, 5.41) is 3.49. The maximum atomic E-state index is 11.2. The van der Waals surface area contributed by atoms with Gasteiger partial charge >= 0.3 is 5.97 Å². The lowest BCUT2D eigenvalue weighted by atomic mass is 10.1. The molecular formula is C14H23NO3S. The Balaban J connectivity index is 2.46. The molecule has 108 valence electrons. The van der Waals surface area contributed by atoms with Crippen LogP contribution in [0.5, 0.6) is 0 Å². The summed E-state index contributed by atoms with van der Waals surface area (Å²) in [5.74, 6) is 0.329. The average Bonchev–Trinajstić information content (AvgIpc) is 2.81. The number of nitrogens with one attached hydrogen (secondary N) is 1.